The van der Waals surface area contributed by atoms with Crippen LogP contribution < -0.4 is 0 Å². The summed E-state index contributed by atoms with van der Waals surface area (Å²) in [6.07, 6.45) is 2.58. The quantitative estimate of drug-likeness (QED) is 0.397. The summed E-state index contributed by atoms with van der Waals surface area (Å²) in [4.78, 5) is 0. The van der Waals surface area contributed by atoms with E-state index in [9.17, 15) is 0 Å². The predicted molar refractivity (Wildman–Crippen MR) is 84.0 cm³/mol. The third-order valence-electron chi connectivity index (χ3n) is 2.74. The number of benzene rings is 1. The second-order valence-corrected chi connectivity index (χ2v) is 11.5. The molecule has 0 aromatic heterocycles. The van der Waals surface area contributed by atoms with Crippen molar-refractivity contribution in [1.82, 2.24) is 0 Å². The lowest BCUT2D eigenvalue weighted by Gasteiger charge is -2.15. The second kappa shape index (κ2) is 8.05. The van der Waals surface area contributed by atoms with Crippen molar-refractivity contribution in [2.24, 2.45) is 0 Å². The lowest BCUT2D eigenvalue weighted by molar-refractivity contribution is 0.186. The summed E-state index contributed by atoms with van der Waals surface area (Å²) in [6, 6.07) is 11.5. The first-order chi connectivity index (χ1) is 9.01. The van der Waals surface area contributed by atoms with E-state index in [1.165, 1.54) is 11.6 Å². The second-order valence-electron chi connectivity index (χ2n) is 5.86. The monoisotopic (exact) mass is 278 g/mol. The standard InChI is InChI=1S/C16H26O2Si/c1-5-18-16(13-15-9-7-6-8-10-15)14-17-11-12-19(2,3)4/h6-10,14H,5,11-13H2,1-4H3/b16-14-. The van der Waals surface area contributed by atoms with Crippen LogP contribution in [0.1, 0.15) is 12.5 Å². The number of ether oxygens (including phenoxy) is 2. The van der Waals surface area contributed by atoms with E-state index in [1.807, 2.05) is 25.1 Å². The Morgan fingerprint density at radius 2 is 1.84 bits per heavy atom. The molecule has 1 aromatic carbocycles. The van der Waals surface area contributed by atoms with Gasteiger partial charge in [0.15, 0.2) is 0 Å². The fourth-order valence-corrected chi connectivity index (χ4v) is 2.36. The van der Waals surface area contributed by atoms with Gasteiger partial charge in [-0.15, -0.1) is 0 Å². The van der Waals surface area contributed by atoms with Crippen LogP contribution in [0.3, 0.4) is 0 Å². The minimum absolute atomic E-state index is 0.677. The molecule has 19 heavy (non-hydrogen) atoms. The largest absolute Gasteiger partial charge is 0.498 e. The van der Waals surface area contributed by atoms with E-state index in [-0.39, 0.29) is 0 Å². The van der Waals surface area contributed by atoms with E-state index in [0.29, 0.717) is 6.61 Å². The maximum Gasteiger partial charge on any atom is 0.135 e. The van der Waals surface area contributed by atoms with Crippen molar-refractivity contribution in [2.45, 2.75) is 39.0 Å². The molecule has 0 aliphatic carbocycles. The first-order valence-electron chi connectivity index (χ1n) is 6.98. The van der Waals surface area contributed by atoms with Crippen molar-refractivity contribution in [3.63, 3.8) is 0 Å². The van der Waals surface area contributed by atoms with Crippen LogP contribution in [0.15, 0.2) is 42.4 Å². The molecule has 0 saturated carbocycles. The summed E-state index contributed by atoms with van der Waals surface area (Å²) >= 11 is 0. The minimum atomic E-state index is -1.02. The van der Waals surface area contributed by atoms with Gasteiger partial charge in [0.05, 0.1) is 13.2 Å². The van der Waals surface area contributed by atoms with Gasteiger partial charge in [-0.1, -0.05) is 50.0 Å². The molecule has 0 amide bonds. The maximum atomic E-state index is 5.64. The molecule has 0 N–H and O–H groups in total. The highest BCUT2D eigenvalue weighted by Gasteiger charge is 2.12. The smallest absolute Gasteiger partial charge is 0.135 e. The van der Waals surface area contributed by atoms with Crippen molar-refractivity contribution in [3.8, 4) is 0 Å². The molecule has 0 saturated heterocycles. The molecule has 1 aromatic rings. The van der Waals surface area contributed by atoms with Crippen LogP contribution >= 0.6 is 0 Å². The first-order valence-corrected chi connectivity index (χ1v) is 10.7. The molecule has 0 aliphatic heterocycles. The summed E-state index contributed by atoms with van der Waals surface area (Å²) < 4.78 is 11.3. The summed E-state index contributed by atoms with van der Waals surface area (Å²) in [6.45, 7) is 10.5. The molecule has 1 rings (SSSR count). The highest BCUT2D eigenvalue weighted by molar-refractivity contribution is 6.76. The summed E-state index contributed by atoms with van der Waals surface area (Å²) in [5.41, 5.74) is 1.25. The molecule has 0 radical (unpaired) electrons. The minimum Gasteiger partial charge on any atom is -0.498 e. The highest BCUT2D eigenvalue weighted by atomic mass is 28.3. The van der Waals surface area contributed by atoms with Gasteiger partial charge >= 0.3 is 0 Å². The molecular weight excluding hydrogens is 252 g/mol. The Hall–Kier alpha value is -1.22. The van der Waals surface area contributed by atoms with Crippen molar-refractivity contribution >= 4 is 8.07 Å². The first kappa shape index (κ1) is 15.8. The van der Waals surface area contributed by atoms with Gasteiger partial charge in [-0.25, -0.2) is 0 Å². The van der Waals surface area contributed by atoms with Crippen molar-refractivity contribution < 1.29 is 9.47 Å². The van der Waals surface area contributed by atoms with Gasteiger partial charge in [-0.3, -0.25) is 0 Å². The number of hydrogen-bond donors (Lipinski definition) is 0. The third kappa shape index (κ3) is 7.72. The van der Waals surface area contributed by atoms with E-state index < -0.39 is 8.07 Å². The van der Waals surface area contributed by atoms with Crippen LogP contribution in [0.25, 0.3) is 0 Å². The zero-order valence-electron chi connectivity index (χ0n) is 12.6. The Morgan fingerprint density at radius 1 is 1.16 bits per heavy atom. The van der Waals surface area contributed by atoms with E-state index in [0.717, 1.165) is 18.8 Å². The predicted octanol–water partition coefficient (Wildman–Crippen LogP) is 4.46. The van der Waals surface area contributed by atoms with E-state index in [4.69, 9.17) is 9.47 Å². The Bertz CT molecular complexity index is 379. The fourth-order valence-electron chi connectivity index (χ4n) is 1.63. The topological polar surface area (TPSA) is 18.5 Å². The molecule has 0 heterocycles. The molecule has 0 atom stereocenters. The number of rotatable bonds is 8. The molecule has 0 aliphatic rings. The van der Waals surface area contributed by atoms with Crippen LogP contribution in [0.4, 0.5) is 0 Å². The van der Waals surface area contributed by atoms with Gasteiger partial charge in [0.2, 0.25) is 0 Å². The van der Waals surface area contributed by atoms with Crippen molar-refractivity contribution in [2.75, 3.05) is 13.2 Å². The van der Waals surface area contributed by atoms with Crippen LogP contribution in [-0.4, -0.2) is 21.3 Å². The highest BCUT2D eigenvalue weighted by Crippen LogP contribution is 2.11. The Morgan fingerprint density at radius 3 is 2.42 bits per heavy atom. The van der Waals surface area contributed by atoms with E-state index in [1.54, 1.807) is 6.26 Å². The molecule has 0 fully saturated rings. The zero-order valence-corrected chi connectivity index (χ0v) is 13.6. The van der Waals surface area contributed by atoms with Crippen LogP contribution in [-0.2, 0) is 15.9 Å². The number of allylic oxidation sites excluding steroid dienone is 1. The lowest BCUT2D eigenvalue weighted by atomic mass is 10.1. The van der Waals surface area contributed by atoms with Crippen molar-refractivity contribution in [1.29, 1.82) is 0 Å². The van der Waals surface area contributed by atoms with Crippen LogP contribution in [0, 0.1) is 0 Å². The summed E-state index contributed by atoms with van der Waals surface area (Å²) in [5.74, 6) is 0.907. The Kier molecular flexibility index (Phi) is 6.71. The SMILES string of the molecule is CCO/C(=C\OCC[Si](C)(C)C)Cc1ccccc1. The summed E-state index contributed by atoms with van der Waals surface area (Å²) in [7, 11) is -1.02. The Balaban J connectivity index is 2.47. The van der Waals surface area contributed by atoms with Gasteiger partial charge in [-0.05, 0) is 18.5 Å². The zero-order chi connectivity index (χ0) is 14.1. The normalized spacial score (nSPS) is 12.3. The average Bonchev–Trinajstić information content (AvgIpc) is 2.35. The average molecular weight is 278 g/mol. The van der Waals surface area contributed by atoms with E-state index in [2.05, 4.69) is 31.8 Å². The molecule has 0 bridgehead atoms. The van der Waals surface area contributed by atoms with Gasteiger partial charge in [0, 0.05) is 14.5 Å². The van der Waals surface area contributed by atoms with Gasteiger partial charge in [0.25, 0.3) is 0 Å². The number of hydrogen-bond acceptors (Lipinski definition) is 2. The van der Waals surface area contributed by atoms with Gasteiger partial charge in [0.1, 0.15) is 12.0 Å². The molecule has 0 unspecified atom stereocenters. The van der Waals surface area contributed by atoms with Gasteiger partial charge in [-0.2, -0.15) is 0 Å². The molecule has 0 spiro atoms. The molecular formula is C16H26O2Si. The molecule has 2 nitrogen and oxygen atoms in total. The van der Waals surface area contributed by atoms with Crippen LogP contribution in [0.2, 0.25) is 25.7 Å². The lowest BCUT2D eigenvalue weighted by Crippen LogP contribution is -2.21. The Labute approximate surface area is 118 Å². The maximum absolute atomic E-state index is 5.64. The molecule has 106 valence electrons. The van der Waals surface area contributed by atoms with Crippen molar-refractivity contribution in [3.05, 3.63) is 47.9 Å². The molecule has 3 heteroatoms. The van der Waals surface area contributed by atoms with Crippen LogP contribution in [0.5, 0.6) is 0 Å². The van der Waals surface area contributed by atoms with Gasteiger partial charge < -0.3 is 9.47 Å². The summed E-state index contributed by atoms with van der Waals surface area (Å²) in [5, 5.41) is 0. The fraction of sp³-hybridized carbons (Fsp3) is 0.500. The van der Waals surface area contributed by atoms with E-state index >= 15 is 0 Å². The third-order valence-corrected chi connectivity index (χ3v) is 4.44.